The molecule has 2 aromatic rings. The Labute approximate surface area is 190 Å². The molecule has 0 bridgehead atoms. The summed E-state index contributed by atoms with van der Waals surface area (Å²) in [6.45, 7) is -0.0159. The minimum atomic E-state index is -0.495. The van der Waals surface area contributed by atoms with E-state index in [-0.39, 0.29) is 55.2 Å². The van der Waals surface area contributed by atoms with E-state index in [1.165, 1.54) is 7.11 Å². The summed E-state index contributed by atoms with van der Waals surface area (Å²) in [7, 11) is 3.05. The number of hydrogen-bond acceptors (Lipinski definition) is 7. The number of ketones is 2. The van der Waals surface area contributed by atoms with E-state index >= 15 is 0 Å². The van der Waals surface area contributed by atoms with Crippen molar-refractivity contribution in [1.82, 2.24) is 14.9 Å². The monoisotopic (exact) mass is 460 g/mol. The molecule has 2 N–H and O–H groups in total. The Hall–Kier alpha value is -3.17. The van der Waals surface area contributed by atoms with Gasteiger partial charge in [-0.2, -0.15) is 4.98 Å². The smallest absolute Gasteiger partial charge is 0.299 e. The highest BCUT2D eigenvalue weighted by Crippen LogP contribution is 2.26. The molecule has 1 unspecified atom stereocenters. The first-order valence-electron chi connectivity index (χ1n) is 10.1. The third kappa shape index (κ3) is 5.95. The lowest BCUT2D eigenvalue weighted by Crippen LogP contribution is -2.33. The van der Waals surface area contributed by atoms with Crippen molar-refractivity contribution in [3.8, 4) is 6.01 Å². The summed E-state index contributed by atoms with van der Waals surface area (Å²) >= 11 is 5.99. The molecule has 1 heterocycles. The lowest BCUT2D eigenvalue weighted by atomic mass is 10.0. The predicted octanol–water partition coefficient (Wildman–Crippen LogP) is 2.24. The zero-order chi connectivity index (χ0) is 23.1. The van der Waals surface area contributed by atoms with E-state index in [0.29, 0.717) is 11.4 Å². The first-order chi connectivity index (χ1) is 15.4. The van der Waals surface area contributed by atoms with Crippen molar-refractivity contribution in [3.05, 3.63) is 52.7 Å². The number of nitrogens with zero attached hydrogens (tertiary/aromatic N) is 2. The molecule has 0 fully saturated rings. The topological polar surface area (TPSA) is 112 Å². The average Bonchev–Trinajstić information content (AvgIpc) is 3.11. The second kappa shape index (κ2) is 10.9. The van der Waals surface area contributed by atoms with Gasteiger partial charge in [0.15, 0.2) is 17.3 Å². The normalized spacial score (nSPS) is 15.5. The Kier molecular flexibility index (Phi) is 8.02. The number of amides is 1. The zero-order valence-electron chi connectivity index (χ0n) is 17.9. The number of nitrogens with one attached hydrogen (secondary N) is 2. The second-order valence-electron chi connectivity index (χ2n) is 7.24. The number of halogens is 1. The minimum absolute atomic E-state index is 0.0665. The quantitative estimate of drug-likeness (QED) is 0.523. The molecule has 1 atom stereocenters. The highest BCUT2D eigenvalue weighted by molar-refractivity contribution is 6.30. The van der Waals surface area contributed by atoms with Crippen molar-refractivity contribution in [2.45, 2.75) is 25.5 Å². The first-order valence-corrected chi connectivity index (χ1v) is 10.5. The number of carbonyl (C=O) groups is 3. The number of benzene rings is 1. The van der Waals surface area contributed by atoms with E-state index in [2.05, 4.69) is 15.6 Å². The van der Waals surface area contributed by atoms with Crippen LogP contribution in [0.1, 0.15) is 28.9 Å². The van der Waals surface area contributed by atoms with Gasteiger partial charge < -0.3 is 20.1 Å². The number of carbonyl (C=O) groups excluding carboxylic acids is 3. The van der Waals surface area contributed by atoms with Crippen LogP contribution in [0.5, 0.6) is 6.01 Å². The number of ether oxygens (including phenoxy) is 2. The van der Waals surface area contributed by atoms with Crippen molar-refractivity contribution in [3.63, 3.8) is 0 Å². The number of rotatable bonds is 10. The second-order valence-corrected chi connectivity index (χ2v) is 7.68. The van der Waals surface area contributed by atoms with Crippen LogP contribution < -0.4 is 15.4 Å². The largest absolute Gasteiger partial charge is 0.457 e. The maximum atomic E-state index is 13.0. The van der Waals surface area contributed by atoms with Crippen molar-refractivity contribution in [2.24, 2.45) is 0 Å². The van der Waals surface area contributed by atoms with Gasteiger partial charge in [0.1, 0.15) is 18.5 Å². The summed E-state index contributed by atoms with van der Waals surface area (Å²) in [5, 5.41) is 6.10. The van der Waals surface area contributed by atoms with Gasteiger partial charge in [-0.3, -0.25) is 19.0 Å². The van der Waals surface area contributed by atoms with Crippen LogP contribution in [0.3, 0.4) is 0 Å². The number of hydrogen-bond donors (Lipinski definition) is 2. The molecule has 1 aromatic heterocycles. The Morgan fingerprint density at radius 2 is 2.03 bits per heavy atom. The van der Waals surface area contributed by atoms with Crippen molar-refractivity contribution < 1.29 is 23.9 Å². The Morgan fingerprint density at radius 3 is 2.69 bits per heavy atom. The SMILES string of the molecule is CNc1nc(OC2C=CCC(=O)C2)n(Cc2ccc(Cl)cc2)c1C(=O)NCC(=O)COC. The van der Waals surface area contributed by atoms with Crippen LogP contribution in [0.25, 0.3) is 0 Å². The molecule has 0 aliphatic heterocycles. The fourth-order valence-electron chi connectivity index (χ4n) is 3.26. The maximum absolute atomic E-state index is 13.0. The molecular weight excluding hydrogens is 436 g/mol. The lowest BCUT2D eigenvalue weighted by Gasteiger charge is -2.18. The van der Waals surface area contributed by atoms with Crippen LogP contribution in [0, 0.1) is 0 Å². The van der Waals surface area contributed by atoms with Gasteiger partial charge in [0.05, 0.1) is 13.1 Å². The number of imidazole rings is 1. The van der Waals surface area contributed by atoms with E-state index in [9.17, 15) is 14.4 Å². The molecule has 32 heavy (non-hydrogen) atoms. The van der Waals surface area contributed by atoms with Crippen molar-refractivity contribution in [1.29, 1.82) is 0 Å². The van der Waals surface area contributed by atoms with Gasteiger partial charge >= 0.3 is 0 Å². The van der Waals surface area contributed by atoms with E-state index in [0.717, 1.165) is 5.56 Å². The highest BCUT2D eigenvalue weighted by atomic mass is 35.5. The molecular formula is C22H25ClN4O5. The number of allylic oxidation sites excluding steroid dienone is 1. The molecule has 0 spiro atoms. The van der Waals surface area contributed by atoms with Crippen LogP contribution in [0.2, 0.25) is 5.02 Å². The summed E-state index contributed by atoms with van der Waals surface area (Å²) in [5.41, 5.74) is 1.06. The van der Waals surface area contributed by atoms with E-state index in [1.807, 2.05) is 18.2 Å². The summed E-state index contributed by atoms with van der Waals surface area (Å²) in [6, 6.07) is 7.35. The summed E-state index contributed by atoms with van der Waals surface area (Å²) < 4.78 is 12.4. The highest BCUT2D eigenvalue weighted by Gasteiger charge is 2.26. The molecule has 1 aliphatic rings. The number of aromatic nitrogens is 2. The molecule has 0 saturated heterocycles. The fourth-order valence-corrected chi connectivity index (χ4v) is 3.39. The third-order valence-corrected chi connectivity index (χ3v) is 5.02. The van der Waals surface area contributed by atoms with Gasteiger partial charge in [-0.25, -0.2) is 0 Å². The zero-order valence-corrected chi connectivity index (χ0v) is 18.6. The van der Waals surface area contributed by atoms with Crippen molar-refractivity contribution in [2.75, 3.05) is 32.6 Å². The fraction of sp³-hybridized carbons (Fsp3) is 0.364. The van der Waals surface area contributed by atoms with E-state index < -0.39 is 12.0 Å². The van der Waals surface area contributed by atoms with Gasteiger partial charge in [0.25, 0.3) is 11.9 Å². The molecule has 10 heteroatoms. The lowest BCUT2D eigenvalue weighted by molar-refractivity contribution is -0.121. The predicted molar refractivity (Wildman–Crippen MR) is 119 cm³/mol. The van der Waals surface area contributed by atoms with Gasteiger partial charge in [-0.1, -0.05) is 29.8 Å². The average molecular weight is 461 g/mol. The van der Waals surface area contributed by atoms with Gasteiger partial charge in [-0.15, -0.1) is 0 Å². The van der Waals surface area contributed by atoms with Crippen molar-refractivity contribution >= 4 is 34.9 Å². The Bertz CT molecular complexity index is 1020. The van der Waals surface area contributed by atoms with Crippen LogP contribution in [-0.4, -0.2) is 60.4 Å². The summed E-state index contributed by atoms with van der Waals surface area (Å²) in [4.78, 5) is 41.0. The third-order valence-electron chi connectivity index (χ3n) is 4.77. The minimum Gasteiger partial charge on any atom is -0.457 e. The summed E-state index contributed by atoms with van der Waals surface area (Å²) in [5.74, 6) is -0.406. The van der Waals surface area contributed by atoms with Crippen LogP contribution in [-0.2, 0) is 20.9 Å². The number of anilines is 1. The van der Waals surface area contributed by atoms with E-state index in [1.54, 1.807) is 29.8 Å². The Balaban J connectivity index is 1.94. The molecule has 1 aromatic carbocycles. The van der Waals surface area contributed by atoms with Gasteiger partial charge in [0, 0.05) is 32.0 Å². The molecule has 0 saturated carbocycles. The van der Waals surface area contributed by atoms with E-state index in [4.69, 9.17) is 21.1 Å². The summed E-state index contributed by atoms with van der Waals surface area (Å²) in [6.07, 6.45) is 3.70. The Morgan fingerprint density at radius 1 is 1.28 bits per heavy atom. The van der Waals surface area contributed by atoms with Gasteiger partial charge in [-0.05, 0) is 23.8 Å². The van der Waals surface area contributed by atoms with Crippen LogP contribution in [0.15, 0.2) is 36.4 Å². The van der Waals surface area contributed by atoms with Gasteiger partial charge in [0.2, 0.25) is 0 Å². The molecule has 9 nitrogen and oxygen atoms in total. The van der Waals surface area contributed by atoms with Crippen LogP contribution >= 0.6 is 11.6 Å². The number of Topliss-reactive ketones (excluding diaryl/α,β-unsaturated/α-hetero) is 2. The molecule has 1 aliphatic carbocycles. The molecule has 1 amide bonds. The standard InChI is InChI=1S/C22H25ClN4O5/c1-24-20-19(21(30)25-11-17(29)13-31-2)27(12-14-6-8-15(23)9-7-14)22(26-20)32-18-5-3-4-16(28)10-18/h3,5-9,18,24H,4,10-13H2,1-2H3,(H,25,30). The van der Waals surface area contributed by atoms with Crippen LogP contribution in [0.4, 0.5) is 5.82 Å². The maximum Gasteiger partial charge on any atom is 0.299 e. The first kappa shape index (κ1) is 23.5. The molecule has 3 rings (SSSR count). The number of methoxy groups -OCH3 is 1. The molecule has 0 radical (unpaired) electrons. The molecule has 170 valence electrons.